The zero-order valence-electron chi connectivity index (χ0n) is 12.9. The second-order valence-corrected chi connectivity index (χ2v) is 6.01. The monoisotopic (exact) mass is 326 g/mol. The highest BCUT2D eigenvalue weighted by Gasteiger charge is 2.04. The highest BCUT2D eigenvalue weighted by molar-refractivity contribution is 7.99. The lowest BCUT2D eigenvalue weighted by Gasteiger charge is -2.09. The fraction of sp³-hybridized carbons (Fsp3) is 0.222. The summed E-state index contributed by atoms with van der Waals surface area (Å²) in [4.78, 5) is 11.8. The summed E-state index contributed by atoms with van der Waals surface area (Å²) in [5.74, 6) is 1.89. The summed E-state index contributed by atoms with van der Waals surface area (Å²) in [6.45, 7) is 2.57. The average Bonchev–Trinajstić information content (AvgIpc) is 2.56. The van der Waals surface area contributed by atoms with Crippen molar-refractivity contribution in [2.24, 2.45) is 0 Å². The van der Waals surface area contributed by atoms with Gasteiger partial charge in [0, 0.05) is 11.4 Å². The van der Waals surface area contributed by atoms with Crippen LogP contribution in [0.3, 0.4) is 0 Å². The number of nitriles is 1. The minimum Gasteiger partial charge on any atom is -0.492 e. The molecule has 0 atom stereocenters. The molecule has 0 fully saturated rings. The number of nitrogens with one attached hydrogen (secondary N) is 1. The molecule has 0 unspecified atom stereocenters. The Morgan fingerprint density at radius 3 is 2.87 bits per heavy atom. The normalized spacial score (nSPS) is 9.91. The Hall–Kier alpha value is -2.45. The second-order valence-electron chi connectivity index (χ2n) is 4.91. The molecule has 1 N–H and O–H groups in total. The van der Waals surface area contributed by atoms with E-state index in [-0.39, 0.29) is 5.91 Å². The molecule has 0 saturated carbocycles. The maximum Gasteiger partial charge on any atom is 0.234 e. The number of ether oxygens (including phenoxy) is 1. The van der Waals surface area contributed by atoms with Gasteiger partial charge in [-0.25, -0.2) is 0 Å². The molecule has 1 amide bonds. The van der Waals surface area contributed by atoms with Gasteiger partial charge in [0.15, 0.2) is 0 Å². The lowest BCUT2D eigenvalue weighted by molar-refractivity contribution is -0.113. The van der Waals surface area contributed by atoms with Gasteiger partial charge in [-0.1, -0.05) is 24.3 Å². The van der Waals surface area contributed by atoms with Gasteiger partial charge in [0.1, 0.15) is 5.75 Å². The number of carbonyl (C=O) groups is 1. The lowest BCUT2D eigenvalue weighted by Crippen LogP contribution is -2.15. The number of aryl methyl sites for hydroxylation is 1. The van der Waals surface area contributed by atoms with E-state index in [1.165, 1.54) is 11.8 Å². The number of nitrogens with zero attached hydrogens (tertiary/aromatic N) is 1. The standard InChI is InChI=1S/C18H18N2O2S/c1-14-5-2-3-8-17(14)22-9-10-23-13-18(21)20-16-7-4-6-15(11-16)12-19/h2-8,11H,9-10,13H2,1H3,(H,20,21). The number of carbonyl (C=O) groups excluding carboxylic acids is 1. The molecule has 4 nitrogen and oxygen atoms in total. The minimum absolute atomic E-state index is 0.0824. The van der Waals surface area contributed by atoms with Crippen LogP contribution in [0.2, 0.25) is 0 Å². The molecule has 23 heavy (non-hydrogen) atoms. The first kappa shape index (κ1) is 16.9. The SMILES string of the molecule is Cc1ccccc1OCCSCC(=O)Nc1cccc(C#N)c1. The number of thioether (sulfide) groups is 1. The van der Waals surface area contributed by atoms with Gasteiger partial charge in [-0.2, -0.15) is 5.26 Å². The van der Waals surface area contributed by atoms with Gasteiger partial charge in [-0.3, -0.25) is 4.79 Å². The molecular weight excluding hydrogens is 308 g/mol. The van der Waals surface area contributed by atoms with Crippen LogP contribution in [0.5, 0.6) is 5.75 Å². The summed E-state index contributed by atoms with van der Waals surface area (Å²) in [6.07, 6.45) is 0. The van der Waals surface area contributed by atoms with Gasteiger partial charge in [0.05, 0.1) is 24.0 Å². The molecule has 0 spiro atoms. The van der Waals surface area contributed by atoms with Gasteiger partial charge in [0.2, 0.25) is 5.91 Å². The third-order valence-corrected chi connectivity index (χ3v) is 4.01. The van der Waals surface area contributed by atoms with Crippen molar-refractivity contribution >= 4 is 23.4 Å². The first-order valence-corrected chi connectivity index (χ1v) is 8.40. The van der Waals surface area contributed by atoms with E-state index in [0.29, 0.717) is 23.6 Å². The minimum atomic E-state index is -0.0824. The van der Waals surface area contributed by atoms with Gasteiger partial charge >= 0.3 is 0 Å². The molecular formula is C18H18N2O2S. The molecule has 2 aromatic rings. The Labute approximate surface area is 140 Å². The predicted molar refractivity (Wildman–Crippen MR) is 93.8 cm³/mol. The van der Waals surface area contributed by atoms with Crippen molar-refractivity contribution in [3.05, 3.63) is 59.7 Å². The average molecular weight is 326 g/mol. The van der Waals surface area contributed by atoms with Gasteiger partial charge in [0.25, 0.3) is 0 Å². The van der Waals surface area contributed by atoms with E-state index in [0.717, 1.165) is 17.1 Å². The molecule has 0 aromatic heterocycles. The van der Waals surface area contributed by atoms with Crippen LogP contribution in [0.15, 0.2) is 48.5 Å². The van der Waals surface area contributed by atoms with Crippen molar-refractivity contribution in [1.29, 1.82) is 5.26 Å². The van der Waals surface area contributed by atoms with Gasteiger partial charge in [-0.05, 0) is 36.8 Å². The highest BCUT2D eigenvalue weighted by atomic mass is 32.2. The van der Waals surface area contributed by atoms with Crippen molar-refractivity contribution in [2.75, 3.05) is 23.4 Å². The quantitative estimate of drug-likeness (QED) is 0.790. The van der Waals surface area contributed by atoms with Crippen LogP contribution in [-0.2, 0) is 4.79 Å². The summed E-state index contributed by atoms with van der Waals surface area (Å²) in [6, 6.07) is 16.8. The number of anilines is 1. The fourth-order valence-corrected chi connectivity index (χ4v) is 2.56. The van der Waals surface area contributed by atoms with Crippen molar-refractivity contribution < 1.29 is 9.53 Å². The third kappa shape index (κ3) is 5.68. The number of amides is 1. The van der Waals surface area contributed by atoms with Crippen molar-refractivity contribution in [1.82, 2.24) is 0 Å². The molecule has 0 aliphatic heterocycles. The molecule has 0 radical (unpaired) electrons. The van der Waals surface area contributed by atoms with E-state index < -0.39 is 0 Å². The topological polar surface area (TPSA) is 62.1 Å². The molecule has 0 bridgehead atoms. The summed E-state index contributed by atoms with van der Waals surface area (Å²) in [5, 5.41) is 11.6. The van der Waals surface area contributed by atoms with E-state index in [2.05, 4.69) is 5.32 Å². The molecule has 0 heterocycles. The van der Waals surface area contributed by atoms with Crippen LogP contribution < -0.4 is 10.1 Å². The lowest BCUT2D eigenvalue weighted by atomic mass is 10.2. The van der Waals surface area contributed by atoms with Crippen molar-refractivity contribution in [2.45, 2.75) is 6.92 Å². The zero-order chi connectivity index (χ0) is 16.5. The maximum absolute atomic E-state index is 11.8. The number of hydrogen-bond acceptors (Lipinski definition) is 4. The molecule has 0 aliphatic rings. The Bertz CT molecular complexity index is 710. The Kier molecular flexibility index (Phi) is 6.52. The number of para-hydroxylation sites is 1. The molecule has 2 aromatic carbocycles. The molecule has 5 heteroatoms. The van der Waals surface area contributed by atoms with Gasteiger partial charge in [-0.15, -0.1) is 11.8 Å². The van der Waals surface area contributed by atoms with Crippen LogP contribution in [0.4, 0.5) is 5.69 Å². The fourth-order valence-electron chi connectivity index (χ4n) is 1.96. The van der Waals surface area contributed by atoms with Gasteiger partial charge < -0.3 is 10.1 Å². The second kappa shape index (κ2) is 8.86. The summed E-state index contributed by atoms with van der Waals surface area (Å²) < 4.78 is 5.68. The summed E-state index contributed by atoms with van der Waals surface area (Å²) in [5.41, 5.74) is 2.28. The molecule has 118 valence electrons. The Morgan fingerprint density at radius 1 is 1.26 bits per heavy atom. The van der Waals surface area contributed by atoms with Crippen LogP contribution in [-0.4, -0.2) is 24.0 Å². The van der Waals surface area contributed by atoms with Crippen molar-refractivity contribution in [3.63, 3.8) is 0 Å². The number of benzene rings is 2. The van der Waals surface area contributed by atoms with E-state index in [9.17, 15) is 4.79 Å². The smallest absolute Gasteiger partial charge is 0.234 e. The Balaban J connectivity index is 1.67. The van der Waals surface area contributed by atoms with E-state index >= 15 is 0 Å². The number of hydrogen-bond donors (Lipinski definition) is 1. The van der Waals surface area contributed by atoms with Crippen molar-refractivity contribution in [3.8, 4) is 11.8 Å². The van der Waals surface area contributed by atoms with E-state index in [1.807, 2.05) is 37.3 Å². The highest BCUT2D eigenvalue weighted by Crippen LogP contribution is 2.16. The summed E-state index contributed by atoms with van der Waals surface area (Å²) >= 11 is 1.51. The first-order valence-electron chi connectivity index (χ1n) is 7.25. The largest absolute Gasteiger partial charge is 0.492 e. The number of rotatable bonds is 7. The molecule has 2 rings (SSSR count). The Morgan fingerprint density at radius 2 is 2.09 bits per heavy atom. The molecule has 0 saturated heterocycles. The van der Waals surface area contributed by atoms with Crippen LogP contribution in [0, 0.1) is 18.3 Å². The first-order chi connectivity index (χ1) is 11.2. The molecule has 0 aliphatic carbocycles. The third-order valence-electron chi connectivity index (χ3n) is 3.09. The summed E-state index contributed by atoms with van der Waals surface area (Å²) in [7, 11) is 0. The van der Waals surface area contributed by atoms with E-state index in [4.69, 9.17) is 10.00 Å². The maximum atomic E-state index is 11.8. The van der Waals surface area contributed by atoms with Crippen LogP contribution in [0.1, 0.15) is 11.1 Å². The van der Waals surface area contributed by atoms with E-state index in [1.54, 1.807) is 24.3 Å². The van der Waals surface area contributed by atoms with Crippen LogP contribution >= 0.6 is 11.8 Å². The predicted octanol–water partition coefficient (Wildman–Crippen LogP) is 3.62. The van der Waals surface area contributed by atoms with Crippen LogP contribution in [0.25, 0.3) is 0 Å². The zero-order valence-corrected chi connectivity index (χ0v) is 13.7.